The number of carboxylic acids is 3. The second-order valence-electron chi connectivity index (χ2n) is 7.47. The van der Waals surface area contributed by atoms with Crippen molar-refractivity contribution in [2.45, 2.75) is 77.0 Å². The van der Waals surface area contributed by atoms with Crippen LogP contribution in [-0.4, -0.2) is 75.1 Å². The molecule has 3 amide bonds. The summed E-state index contributed by atoms with van der Waals surface area (Å²) in [6, 6.07) is -4.94. The summed E-state index contributed by atoms with van der Waals surface area (Å²) in [6.45, 7) is 4.82. The van der Waals surface area contributed by atoms with Gasteiger partial charge in [0, 0.05) is 12.8 Å². The number of hydrogen-bond donors (Lipinski definition) is 7. The number of amides is 3. The fraction of sp³-hybridized carbons (Fsp3) is 0.684. The van der Waals surface area contributed by atoms with Gasteiger partial charge in [0.05, 0.1) is 6.04 Å². The summed E-state index contributed by atoms with van der Waals surface area (Å²) in [5.74, 6) is -6.46. The fourth-order valence-corrected chi connectivity index (χ4v) is 2.52. The van der Waals surface area contributed by atoms with E-state index in [0.29, 0.717) is 6.42 Å². The smallest absolute Gasteiger partial charge is 0.326 e. The minimum Gasteiger partial charge on any atom is -0.481 e. The minimum absolute atomic E-state index is 0.193. The van der Waals surface area contributed by atoms with Gasteiger partial charge in [0.15, 0.2) is 0 Å². The van der Waals surface area contributed by atoms with Gasteiger partial charge in [0.25, 0.3) is 0 Å². The molecule has 0 aromatic heterocycles. The van der Waals surface area contributed by atoms with Crippen molar-refractivity contribution in [2.75, 3.05) is 0 Å². The Hall–Kier alpha value is -3.22. The van der Waals surface area contributed by atoms with Crippen molar-refractivity contribution in [1.82, 2.24) is 16.0 Å². The Kier molecular flexibility index (Phi) is 12.6. The minimum atomic E-state index is -1.48. The second kappa shape index (κ2) is 14.0. The third-order valence-corrected chi connectivity index (χ3v) is 4.85. The van der Waals surface area contributed by atoms with Crippen molar-refractivity contribution >= 4 is 35.6 Å². The van der Waals surface area contributed by atoms with E-state index in [1.54, 1.807) is 6.92 Å². The normalized spacial score (nSPS) is 15.4. The molecule has 13 heteroatoms. The molecule has 0 radical (unpaired) electrons. The van der Waals surface area contributed by atoms with Crippen molar-refractivity contribution in [2.24, 2.45) is 11.7 Å². The lowest BCUT2D eigenvalue weighted by Gasteiger charge is -2.24. The van der Waals surface area contributed by atoms with Crippen LogP contribution in [0.3, 0.4) is 0 Å². The Morgan fingerprint density at radius 1 is 0.750 bits per heavy atom. The molecule has 0 fully saturated rings. The zero-order valence-corrected chi connectivity index (χ0v) is 18.3. The average molecular weight is 460 g/mol. The van der Waals surface area contributed by atoms with Gasteiger partial charge in [0.2, 0.25) is 17.7 Å². The highest BCUT2D eigenvalue weighted by molar-refractivity contribution is 5.94. The van der Waals surface area contributed by atoms with E-state index in [2.05, 4.69) is 16.0 Å². The number of hydrogen-bond acceptors (Lipinski definition) is 7. The number of nitrogens with one attached hydrogen (secondary N) is 3. The number of nitrogens with two attached hydrogens (primary N) is 1. The molecule has 32 heavy (non-hydrogen) atoms. The lowest BCUT2D eigenvalue weighted by atomic mass is 9.98. The maximum absolute atomic E-state index is 12.6. The van der Waals surface area contributed by atoms with Gasteiger partial charge in [-0.2, -0.15) is 0 Å². The zero-order valence-electron chi connectivity index (χ0n) is 18.3. The third kappa shape index (κ3) is 10.7. The highest BCUT2D eigenvalue weighted by Gasteiger charge is 2.29. The highest BCUT2D eigenvalue weighted by Crippen LogP contribution is 2.07. The van der Waals surface area contributed by atoms with E-state index >= 15 is 0 Å². The highest BCUT2D eigenvalue weighted by atomic mass is 16.4. The first-order valence-electron chi connectivity index (χ1n) is 10.1. The quantitative estimate of drug-likeness (QED) is 0.152. The lowest BCUT2D eigenvalue weighted by molar-refractivity contribution is -0.143. The van der Waals surface area contributed by atoms with Crippen LogP contribution in [0.1, 0.15) is 52.9 Å². The summed E-state index contributed by atoms with van der Waals surface area (Å²) in [5.41, 5.74) is 5.84. The number of carbonyl (C=O) groups excluding carboxylic acids is 3. The van der Waals surface area contributed by atoms with E-state index in [9.17, 15) is 28.8 Å². The van der Waals surface area contributed by atoms with E-state index in [1.165, 1.54) is 6.92 Å². The Morgan fingerprint density at radius 3 is 1.66 bits per heavy atom. The molecule has 0 aromatic carbocycles. The summed E-state index contributed by atoms with van der Waals surface area (Å²) in [4.78, 5) is 69.9. The SMILES string of the molecule is CCC(C)C(N)C(=O)NC(CCC(=O)O)C(=O)NC(C)C(=O)NC(CCC(=O)O)C(=O)O. The van der Waals surface area contributed by atoms with E-state index < -0.39 is 72.6 Å². The summed E-state index contributed by atoms with van der Waals surface area (Å²) in [7, 11) is 0. The van der Waals surface area contributed by atoms with Gasteiger partial charge in [0.1, 0.15) is 18.1 Å². The number of aliphatic carboxylic acids is 3. The average Bonchev–Trinajstić information content (AvgIpc) is 2.71. The molecule has 0 spiro atoms. The first kappa shape index (κ1) is 28.8. The molecule has 0 aliphatic heterocycles. The molecule has 0 rings (SSSR count). The van der Waals surface area contributed by atoms with Crippen LogP contribution in [0.15, 0.2) is 0 Å². The van der Waals surface area contributed by atoms with Gasteiger partial charge in [-0.25, -0.2) is 4.79 Å². The van der Waals surface area contributed by atoms with E-state index in [-0.39, 0.29) is 18.8 Å². The van der Waals surface area contributed by atoms with E-state index in [0.717, 1.165) is 0 Å². The Morgan fingerprint density at radius 2 is 1.22 bits per heavy atom. The summed E-state index contributed by atoms with van der Waals surface area (Å²) in [6.07, 6.45) is -0.942. The Labute approximate surface area is 185 Å². The van der Waals surface area contributed by atoms with Gasteiger partial charge >= 0.3 is 17.9 Å². The van der Waals surface area contributed by atoms with Crippen LogP contribution in [0.2, 0.25) is 0 Å². The monoisotopic (exact) mass is 460 g/mol. The molecule has 0 aliphatic rings. The molecule has 182 valence electrons. The molecule has 0 heterocycles. The molecular weight excluding hydrogens is 428 g/mol. The third-order valence-electron chi connectivity index (χ3n) is 4.85. The van der Waals surface area contributed by atoms with Gasteiger partial charge in [-0.3, -0.25) is 24.0 Å². The summed E-state index contributed by atoms with van der Waals surface area (Å²) < 4.78 is 0. The summed E-state index contributed by atoms with van der Waals surface area (Å²) in [5, 5.41) is 33.5. The Balaban J connectivity index is 5.16. The van der Waals surface area contributed by atoms with Crippen molar-refractivity contribution in [1.29, 1.82) is 0 Å². The van der Waals surface area contributed by atoms with Gasteiger partial charge < -0.3 is 37.0 Å². The topological polar surface area (TPSA) is 225 Å². The van der Waals surface area contributed by atoms with Crippen molar-refractivity contribution in [3.8, 4) is 0 Å². The van der Waals surface area contributed by atoms with Crippen LogP contribution < -0.4 is 21.7 Å². The molecular formula is C19H32N4O9. The first-order chi connectivity index (χ1) is 14.8. The molecule has 0 aliphatic carbocycles. The van der Waals surface area contributed by atoms with Crippen molar-refractivity contribution in [3.05, 3.63) is 0 Å². The van der Waals surface area contributed by atoms with Gasteiger partial charge in [-0.05, 0) is 25.7 Å². The zero-order chi connectivity index (χ0) is 25.0. The van der Waals surface area contributed by atoms with Crippen LogP contribution in [0.25, 0.3) is 0 Å². The fourth-order valence-electron chi connectivity index (χ4n) is 2.52. The maximum atomic E-state index is 12.6. The number of rotatable bonds is 15. The lowest BCUT2D eigenvalue weighted by Crippen LogP contribution is -2.57. The number of carbonyl (C=O) groups is 6. The Bertz CT molecular complexity index is 713. The molecule has 0 bridgehead atoms. The van der Waals surface area contributed by atoms with Gasteiger partial charge in [-0.1, -0.05) is 20.3 Å². The second-order valence-corrected chi connectivity index (χ2v) is 7.47. The number of carboxylic acid groups (broad SMARTS) is 3. The molecule has 8 N–H and O–H groups in total. The van der Waals surface area contributed by atoms with Crippen molar-refractivity contribution < 1.29 is 44.1 Å². The molecule has 13 nitrogen and oxygen atoms in total. The first-order valence-corrected chi connectivity index (χ1v) is 10.1. The van der Waals surface area contributed by atoms with Crippen molar-refractivity contribution in [3.63, 3.8) is 0 Å². The largest absolute Gasteiger partial charge is 0.481 e. The molecule has 0 saturated heterocycles. The van der Waals surface area contributed by atoms with Crippen LogP contribution in [-0.2, 0) is 28.8 Å². The molecule has 5 atom stereocenters. The molecule has 0 aromatic rings. The van der Waals surface area contributed by atoms with E-state index in [4.69, 9.17) is 21.1 Å². The van der Waals surface area contributed by atoms with E-state index in [1.807, 2.05) is 6.92 Å². The van der Waals surface area contributed by atoms with Crippen LogP contribution in [0.4, 0.5) is 0 Å². The van der Waals surface area contributed by atoms with Crippen LogP contribution in [0, 0.1) is 5.92 Å². The maximum Gasteiger partial charge on any atom is 0.326 e. The summed E-state index contributed by atoms with van der Waals surface area (Å²) >= 11 is 0. The molecule has 0 saturated carbocycles. The molecule has 5 unspecified atom stereocenters. The van der Waals surface area contributed by atoms with Gasteiger partial charge in [-0.15, -0.1) is 0 Å². The van der Waals surface area contributed by atoms with Crippen LogP contribution in [0.5, 0.6) is 0 Å². The predicted octanol–water partition coefficient (Wildman–Crippen LogP) is -1.35. The van der Waals surface area contributed by atoms with Crippen LogP contribution >= 0.6 is 0 Å². The predicted molar refractivity (Wildman–Crippen MR) is 110 cm³/mol. The standard InChI is InChI=1S/C19H32N4O9/c1-4-9(2)15(20)18(30)22-11(5-7-13(24)25)17(29)21-10(3)16(28)23-12(19(31)32)6-8-14(26)27/h9-12,15H,4-8,20H2,1-3H3,(H,21,29)(H,22,30)(H,23,28)(H,24,25)(H,26,27)(H,31,32).